The van der Waals surface area contributed by atoms with Gasteiger partial charge in [-0.15, -0.1) is 11.3 Å². The summed E-state index contributed by atoms with van der Waals surface area (Å²) in [5, 5.41) is 2.67. The first kappa shape index (κ1) is 16.9. The number of aromatic nitrogens is 3. The maximum absolute atomic E-state index is 13.2. The number of hydrogen-bond donors (Lipinski definition) is 1. The average Bonchev–Trinajstić information content (AvgIpc) is 3.12. The van der Waals surface area contributed by atoms with E-state index < -0.39 is 5.69 Å². The summed E-state index contributed by atoms with van der Waals surface area (Å²) in [6.07, 6.45) is 3.24. The second kappa shape index (κ2) is 6.44. The molecule has 0 atom stereocenters. The van der Waals surface area contributed by atoms with Crippen LogP contribution in [0.4, 0.5) is 0 Å². The normalized spacial score (nSPS) is 11.3. The van der Waals surface area contributed by atoms with Gasteiger partial charge in [-0.3, -0.25) is 14.8 Å². The molecular formula is C21H12ClN3O2S. The van der Waals surface area contributed by atoms with Crippen LogP contribution in [0.2, 0.25) is 5.02 Å². The molecule has 0 saturated heterocycles. The number of H-pyrrole nitrogens is 1. The fourth-order valence-electron chi connectivity index (χ4n) is 3.30. The second-order valence-electron chi connectivity index (χ2n) is 6.28. The van der Waals surface area contributed by atoms with Gasteiger partial charge in [-0.2, -0.15) is 0 Å². The fraction of sp³-hybridized carbons (Fsp3) is 0. The summed E-state index contributed by atoms with van der Waals surface area (Å²) >= 11 is 7.62. The van der Waals surface area contributed by atoms with Gasteiger partial charge < -0.3 is 0 Å². The van der Waals surface area contributed by atoms with E-state index in [4.69, 9.17) is 11.6 Å². The molecule has 28 heavy (non-hydrogen) atoms. The number of nitrogens with zero attached hydrogens (tertiary/aromatic N) is 2. The van der Waals surface area contributed by atoms with Crippen LogP contribution >= 0.6 is 22.9 Å². The molecule has 0 amide bonds. The van der Waals surface area contributed by atoms with Crippen LogP contribution in [0.3, 0.4) is 0 Å². The monoisotopic (exact) mass is 405 g/mol. The SMILES string of the molecule is O=c1[nH]c2sc(-c3ccccc3Cl)cc2c(=O)n1-c1cncc2ccccc12. The van der Waals surface area contributed by atoms with Crippen LogP contribution in [0, 0.1) is 0 Å². The van der Waals surface area contributed by atoms with Crippen LogP contribution in [0.5, 0.6) is 0 Å². The molecule has 3 heterocycles. The third-order valence-electron chi connectivity index (χ3n) is 4.62. The first-order chi connectivity index (χ1) is 13.6. The summed E-state index contributed by atoms with van der Waals surface area (Å²) in [5.41, 5.74) is 0.399. The third kappa shape index (κ3) is 2.58. The first-order valence-electron chi connectivity index (χ1n) is 8.50. The highest BCUT2D eigenvalue weighted by molar-refractivity contribution is 7.21. The van der Waals surface area contributed by atoms with Crippen LogP contribution in [0.25, 0.3) is 37.1 Å². The van der Waals surface area contributed by atoms with Gasteiger partial charge in [0.15, 0.2) is 0 Å². The first-order valence-corrected chi connectivity index (χ1v) is 9.70. The minimum atomic E-state index is -0.497. The smallest absolute Gasteiger partial charge is 0.298 e. The Morgan fingerprint density at radius 1 is 0.964 bits per heavy atom. The quantitative estimate of drug-likeness (QED) is 0.466. The summed E-state index contributed by atoms with van der Waals surface area (Å²) in [6.45, 7) is 0. The van der Waals surface area contributed by atoms with Crippen molar-refractivity contribution in [1.82, 2.24) is 14.5 Å². The zero-order chi connectivity index (χ0) is 19.3. The lowest BCUT2D eigenvalue weighted by Gasteiger charge is -2.07. The number of thiophene rings is 1. The molecule has 0 spiro atoms. The number of nitrogens with one attached hydrogen (secondary N) is 1. The number of benzene rings is 2. The van der Waals surface area contributed by atoms with E-state index >= 15 is 0 Å². The van der Waals surface area contributed by atoms with Gasteiger partial charge in [0.1, 0.15) is 4.83 Å². The largest absolute Gasteiger partial charge is 0.334 e. The predicted octanol–water partition coefficient (Wildman–Crippen LogP) is 4.61. The molecule has 0 aliphatic carbocycles. The minimum absolute atomic E-state index is 0.383. The molecule has 5 rings (SSSR count). The highest BCUT2D eigenvalue weighted by Gasteiger charge is 2.16. The van der Waals surface area contributed by atoms with E-state index in [1.54, 1.807) is 18.3 Å². The van der Waals surface area contributed by atoms with E-state index in [9.17, 15) is 9.59 Å². The summed E-state index contributed by atoms with van der Waals surface area (Å²) in [6, 6.07) is 16.7. The van der Waals surface area contributed by atoms with Crippen molar-refractivity contribution >= 4 is 43.9 Å². The van der Waals surface area contributed by atoms with Gasteiger partial charge in [0, 0.05) is 32.4 Å². The molecule has 1 N–H and O–H groups in total. The average molecular weight is 406 g/mol. The molecule has 2 aromatic carbocycles. The molecule has 136 valence electrons. The Bertz CT molecular complexity index is 1480. The number of aromatic amines is 1. The van der Waals surface area contributed by atoms with Crippen LogP contribution in [-0.2, 0) is 0 Å². The lowest BCUT2D eigenvalue weighted by atomic mass is 10.1. The topological polar surface area (TPSA) is 67.8 Å². The van der Waals surface area contributed by atoms with E-state index in [1.165, 1.54) is 17.5 Å². The second-order valence-corrected chi connectivity index (χ2v) is 7.74. The van der Waals surface area contributed by atoms with Gasteiger partial charge in [0.05, 0.1) is 17.3 Å². The third-order valence-corrected chi connectivity index (χ3v) is 6.03. The van der Waals surface area contributed by atoms with E-state index in [-0.39, 0.29) is 5.56 Å². The highest BCUT2D eigenvalue weighted by atomic mass is 35.5. The molecule has 3 aromatic heterocycles. The Morgan fingerprint density at radius 3 is 2.61 bits per heavy atom. The standard InChI is InChI=1S/C21H12ClN3O2S/c22-16-8-4-3-7-14(16)18-9-15-19(28-18)24-21(27)25(20(15)26)17-11-23-10-12-5-1-2-6-13(12)17/h1-11H,(H,24,27). The Hall–Kier alpha value is -3.22. The van der Waals surface area contributed by atoms with Gasteiger partial charge in [-0.05, 0) is 12.1 Å². The summed E-state index contributed by atoms with van der Waals surface area (Å²) in [5.74, 6) is 0. The molecule has 0 fully saturated rings. The molecular weight excluding hydrogens is 394 g/mol. The van der Waals surface area contributed by atoms with Crippen molar-refractivity contribution in [3.8, 4) is 16.1 Å². The molecule has 0 aliphatic heterocycles. The Kier molecular flexibility index (Phi) is 3.89. The molecule has 7 heteroatoms. The maximum Gasteiger partial charge on any atom is 0.334 e. The zero-order valence-corrected chi connectivity index (χ0v) is 15.9. The van der Waals surface area contributed by atoms with E-state index in [0.29, 0.717) is 20.9 Å². The van der Waals surface area contributed by atoms with E-state index in [1.807, 2.05) is 42.5 Å². The fourth-order valence-corrected chi connectivity index (χ4v) is 4.67. The van der Waals surface area contributed by atoms with E-state index in [0.717, 1.165) is 25.8 Å². The molecule has 0 bridgehead atoms. The number of rotatable bonds is 2. The lowest BCUT2D eigenvalue weighted by Crippen LogP contribution is -2.33. The molecule has 0 saturated carbocycles. The summed E-state index contributed by atoms with van der Waals surface area (Å²) in [4.78, 5) is 34.3. The van der Waals surface area contributed by atoms with Crippen LogP contribution in [0.1, 0.15) is 0 Å². The van der Waals surface area contributed by atoms with Gasteiger partial charge >= 0.3 is 5.69 Å². The number of hydrogen-bond acceptors (Lipinski definition) is 4. The molecule has 0 unspecified atom stereocenters. The Labute approximate surface area is 167 Å². The van der Waals surface area contributed by atoms with Crippen molar-refractivity contribution < 1.29 is 0 Å². The van der Waals surface area contributed by atoms with Crippen molar-refractivity contribution in [2.75, 3.05) is 0 Å². The van der Waals surface area contributed by atoms with Gasteiger partial charge in [-0.1, -0.05) is 54.1 Å². The number of fused-ring (bicyclic) bond motifs is 2. The molecule has 0 aliphatic rings. The molecule has 5 aromatic rings. The predicted molar refractivity (Wildman–Crippen MR) is 114 cm³/mol. The lowest BCUT2D eigenvalue weighted by molar-refractivity contribution is 0.905. The van der Waals surface area contributed by atoms with E-state index in [2.05, 4.69) is 9.97 Å². The highest BCUT2D eigenvalue weighted by Crippen LogP contribution is 2.35. The van der Waals surface area contributed by atoms with Gasteiger partial charge in [0.25, 0.3) is 5.56 Å². The Balaban J connectivity index is 1.81. The van der Waals surface area contributed by atoms with Crippen molar-refractivity contribution in [1.29, 1.82) is 0 Å². The van der Waals surface area contributed by atoms with Crippen LogP contribution in [-0.4, -0.2) is 14.5 Å². The van der Waals surface area contributed by atoms with Crippen LogP contribution in [0.15, 0.2) is 76.6 Å². The van der Waals surface area contributed by atoms with Gasteiger partial charge in [0.2, 0.25) is 0 Å². The summed E-state index contributed by atoms with van der Waals surface area (Å²) in [7, 11) is 0. The van der Waals surface area contributed by atoms with Crippen molar-refractivity contribution in [2.24, 2.45) is 0 Å². The number of halogens is 1. The number of pyridine rings is 1. The van der Waals surface area contributed by atoms with Gasteiger partial charge in [-0.25, -0.2) is 9.36 Å². The summed E-state index contributed by atoms with van der Waals surface area (Å²) < 4.78 is 1.14. The van der Waals surface area contributed by atoms with Crippen molar-refractivity contribution in [2.45, 2.75) is 0 Å². The van der Waals surface area contributed by atoms with Crippen molar-refractivity contribution in [3.05, 3.63) is 92.9 Å². The zero-order valence-electron chi connectivity index (χ0n) is 14.3. The minimum Gasteiger partial charge on any atom is -0.298 e. The van der Waals surface area contributed by atoms with Crippen LogP contribution < -0.4 is 11.2 Å². The van der Waals surface area contributed by atoms with Crippen molar-refractivity contribution in [3.63, 3.8) is 0 Å². The molecule has 5 nitrogen and oxygen atoms in total. The maximum atomic E-state index is 13.2. The Morgan fingerprint density at radius 2 is 1.75 bits per heavy atom. The molecule has 0 radical (unpaired) electrons.